The molecule has 0 amide bonds. The number of halogens is 1. The van der Waals surface area contributed by atoms with Crippen molar-refractivity contribution in [2.24, 2.45) is 0 Å². The molecule has 4 heteroatoms. The number of methoxy groups -OCH3 is 1. The van der Waals surface area contributed by atoms with E-state index in [9.17, 15) is 4.79 Å². The summed E-state index contributed by atoms with van der Waals surface area (Å²) in [6, 6.07) is 7.57. The van der Waals surface area contributed by atoms with Crippen LogP contribution in [0.3, 0.4) is 0 Å². The molecule has 1 rings (SSSR count). The monoisotopic (exact) mass is 298 g/mol. The van der Waals surface area contributed by atoms with Gasteiger partial charge in [0, 0.05) is 17.0 Å². The third-order valence-corrected chi connectivity index (χ3v) is 2.62. The summed E-state index contributed by atoms with van der Waals surface area (Å²) in [7, 11) is 1.35. The Morgan fingerprint density at radius 2 is 2.18 bits per heavy atom. The minimum atomic E-state index is -0.375. The van der Waals surface area contributed by atoms with Crippen LogP contribution in [0, 0.1) is 0 Å². The summed E-state index contributed by atoms with van der Waals surface area (Å²) in [5.41, 5.74) is 0.868. The Bertz CT molecular complexity index is 388. The van der Waals surface area contributed by atoms with Gasteiger partial charge in [-0.05, 0) is 18.6 Å². The standard InChI is InChI=1S/C13H15BrO3/c1-16-13(15)8-7-11-5-2-3-6-12(11)17-10-4-9-14/h2-3,5-8H,4,9-10H2,1H3/b8-7+. The number of rotatable bonds is 6. The third kappa shape index (κ3) is 5.04. The van der Waals surface area contributed by atoms with Crippen LogP contribution in [-0.4, -0.2) is 25.0 Å². The molecule has 0 aliphatic rings. The molecule has 0 saturated heterocycles. The van der Waals surface area contributed by atoms with Crippen molar-refractivity contribution in [3.63, 3.8) is 0 Å². The average molecular weight is 299 g/mol. The molecule has 0 saturated carbocycles. The predicted molar refractivity (Wildman–Crippen MR) is 71.4 cm³/mol. The molecule has 1 aromatic carbocycles. The zero-order valence-corrected chi connectivity index (χ0v) is 11.3. The number of ether oxygens (including phenoxy) is 2. The highest BCUT2D eigenvalue weighted by atomic mass is 79.9. The maximum atomic E-state index is 11.0. The summed E-state index contributed by atoms with van der Waals surface area (Å²) < 4.78 is 10.1. The summed E-state index contributed by atoms with van der Waals surface area (Å²) in [5, 5.41) is 0.910. The molecule has 0 spiro atoms. The van der Waals surface area contributed by atoms with Crippen molar-refractivity contribution in [3.05, 3.63) is 35.9 Å². The fourth-order valence-corrected chi connectivity index (χ4v) is 1.44. The first-order valence-electron chi connectivity index (χ1n) is 5.31. The fourth-order valence-electron chi connectivity index (χ4n) is 1.21. The largest absolute Gasteiger partial charge is 0.493 e. The minimum Gasteiger partial charge on any atom is -0.493 e. The maximum absolute atomic E-state index is 11.0. The summed E-state index contributed by atoms with van der Waals surface area (Å²) in [6.45, 7) is 0.647. The average Bonchev–Trinajstić information content (AvgIpc) is 2.37. The second-order valence-electron chi connectivity index (χ2n) is 3.29. The molecule has 0 heterocycles. The van der Waals surface area contributed by atoms with E-state index in [2.05, 4.69) is 20.7 Å². The number of hydrogen-bond acceptors (Lipinski definition) is 3. The van der Waals surface area contributed by atoms with E-state index in [0.717, 1.165) is 23.1 Å². The maximum Gasteiger partial charge on any atom is 0.330 e. The second-order valence-corrected chi connectivity index (χ2v) is 4.08. The smallest absolute Gasteiger partial charge is 0.330 e. The summed E-state index contributed by atoms with van der Waals surface area (Å²) in [6.07, 6.45) is 4.01. The minimum absolute atomic E-state index is 0.375. The van der Waals surface area contributed by atoms with Crippen LogP contribution in [0.5, 0.6) is 5.75 Å². The van der Waals surface area contributed by atoms with Gasteiger partial charge in [-0.1, -0.05) is 34.1 Å². The fraction of sp³-hybridized carbons (Fsp3) is 0.308. The first-order chi connectivity index (χ1) is 8.27. The van der Waals surface area contributed by atoms with Gasteiger partial charge in [0.1, 0.15) is 5.75 Å². The number of carbonyl (C=O) groups is 1. The molecule has 0 bridgehead atoms. The Balaban J connectivity index is 2.70. The lowest BCUT2D eigenvalue weighted by molar-refractivity contribution is -0.134. The molecule has 0 fully saturated rings. The molecule has 1 aromatic rings. The molecule has 0 N–H and O–H groups in total. The molecule has 0 aromatic heterocycles. The van der Waals surface area contributed by atoms with E-state index in [1.54, 1.807) is 6.08 Å². The highest BCUT2D eigenvalue weighted by molar-refractivity contribution is 9.09. The summed E-state index contributed by atoms with van der Waals surface area (Å²) >= 11 is 3.35. The van der Waals surface area contributed by atoms with Crippen molar-refractivity contribution in [3.8, 4) is 5.75 Å². The van der Waals surface area contributed by atoms with Crippen LogP contribution in [0.1, 0.15) is 12.0 Å². The zero-order chi connectivity index (χ0) is 12.5. The Kier molecular flexibility index (Phi) is 6.40. The molecule has 0 aliphatic heterocycles. The SMILES string of the molecule is COC(=O)/C=C/c1ccccc1OCCCBr. The van der Waals surface area contributed by atoms with E-state index in [1.165, 1.54) is 13.2 Å². The second kappa shape index (κ2) is 7.90. The van der Waals surface area contributed by atoms with E-state index in [1.807, 2.05) is 24.3 Å². The molecular weight excluding hydrogens is 284 g/mol. The van der Waals surface area contributed by atoms with Crippen LogP contribution in [0.15, 0.2) is 30.3 Å². The van der Waals surface area contributed by atoms with Gasteiger partial charge in [-0.25, -0.2) is 4.79 Å². The van der Waals surface area contributed by atoms with Crippen molar-refractivity contribution in [2.75, 3.05) is 19.0 Å². The summed E-state index contributed by atoms with van der Waals surface area (Å²) in [4.78, 5) is 11.0. The molecule has 0 aliphatic carbocycles. The van der Waals surface area contributed by atoms with Crippen molar-refractivity contribution >= 4 is 28.0 Å². The highest BCUT2D eigenvalue weighted by Gasteiger charge is 2.00. The van der Waals surface area contributed by atoms with Crippen molar-refractivity contribution in [1.29, 1.82) is 0 Å². The van der Waals surface area contributed by atoms with Crippen LogP contribution in [0.25, 0.3) is 6.08 Å². The van der Waals surface area contributed by atoms with Gasteiger partial charge in [0.25, 0.3) is 0 Å². The molecule has 3 nitrogen and oxygen atoms in total. The lowest BCUT2D eigenvalue weighted by Crippen LogP contribution is -1.99. The predicted octanol–water partition coefficient (Wildman–Crippen LogP) is 3.04. The number of alkyl halides is 1. The molecule has 0 unspecified atom stereocenters. The first kappa shape index (κ1) is 13.8. The lowest BCUT2D eigenvalue weighted by Gasteiger charge is -2.07. The Hall–Kier alpha value is -1.29. The summed E-state index contributed by atoms with van der Waals surface area (Å²) in [5.74, 6) is 0.397. The lowest BCUT2D eigenvalue weighted by atomic mass is 10.2. The Morgan fingerprint density at radius 3 is 2.88 bits per heavy atom. The topological polar surface area (TPSA) is 35.5 Å². The molecule has 17 heavy (non-hydrogen) atoms. The van der Waals surface area contributed by atoms with Gasteiger partial charge in [0.2, 0.25) is 0 Å². The molecule has 0 radical (unpaired) electrons. The van der Waals surface area contributed by atoms with Crippen LogP contribution in [-0.2, 0) is 9.53 Å². The van der Waals surface area contributed by atoms with Crippen LogP contribution >= 0.6 is 15.9 Å². The molecular formula is C13H15BrO3. The van der Waals surface area contributed by atoms with Gasteiger partial charge in [0.15, 0.2) is 0 Å². The van der Waals surface area contributed by atoms with Crippen molar-refractivity contribution in [2.45, 2.75) is 6.42 Å². The number of para-hydroxylation sites is 1. The van der Waals surface area contributed by atoms with Crippen LogP contribution in [0.2, 0.25) is 0 Å². The molecule has 0 atom stereocenters. The van der Waals surface area contributed by atoms with Crippen molar-refractivity contribution in [1.82, 2.24) is 0 Å². The number of benzene rings is 1. The number of hydrogen-bond donors (Lipinski definition) is 0. The number of carbonyl (C=O) groups excluding carboxylic acids is 1. The molecule has 92 valence electrons. The Labute approximate surface area is 110 Å². The van der Waals surface area contributed by atoms with E-state index in [-0.39, 0.29) is 5.97 Å². The van der Waals surface area contributed by atoms with Gasteiger partial charge >= 0.3 is 5.97 Å². The number of esters is 1. The van der Waals surface area contributed by atoms with Gasteiger partial charge in [-0.3, -0.25) is 0 Å². The first-order valence-corrected chi connectivity index (χ1v) is 6.44. The normalized spacial score (nSPS) is 10.5. The van der Waals surface area contributed by atoms with E-state index < -0.39 is 0 Å². The van der Waals surface area contributed by atoms with Crippen molar-refractivity contribution < 1.29 is 14.3 Å². The Morgan fingerprint density at radius 1 is 1.41 bits per heavy atom. The van der Waals surface area contributed by atoms with Crippen LogP contribution < -0.4 is 4.74 Å². The zero-order valence-electron chi connectivity index (χ0n) is 9.69. The third-order valence-electron chi connectivity index (χ3n) is 2.05. The van der Waals surface area contributed by atoms with E-state index in [4.69, 9.17) is 4.74 Å². The van der Waals surface area contributed by atoms with Gasteiger partial charge in [-0.15, -0.1) is 0 Å². The highest BCUT2D eigenvalue weighted by Crippen LogP contribution is 2.19. The quantitative estimate of drug-likeness (QED) is 0.350. The van der Waals surface area contributed by atoms with Crippen LogP contribution in [0.4, 0.5) is 0 Å². The van der Waals surface area contributed by atoms with Gasteiger partial charge in [0.05, 0.1) is 13.7 Å². The van der Waals surface area contributed by atoms with E-state index >= 15 is 0 Å². The van der Waals surface area contributed by atoms with Gasteiger partial charge in [-0.2, -0.15) is 0 Å². The van der Waals surface area contributed by atoms with E-state index in [0.29, 0.717) is 6.61 Å². The van der Waals surface area contributed by atoms with Gasteiger partial charge < -0.3 is 9.47 Å².